The number of rotatable bonds is 1. The largest absolute Gasteiger partial charge is 0.454 e. The second kappa shape index (κ2) is 3.97. The van der Waals surface area contributed by atoms with Crippen LogP contribution in [0.4, 0.5) is 0 Å². The first-order chi connectivity index (χ1) is 9.75. The first-order valence-corrected chi connectivity index (χ1v) is 6.70. The highest BCUT2D eigenvalue weighted by Crippen LogP contribution is 2.33. The fourth-order valence-corrected chi connectivity index (χ4v) is 2.81. The van der Waals surface area contributed by atoms with E-state index in [1.807, 2.05) is 37.5 Å². The van der Waals surface area contributed by atoms with Crippen LogP contribution < -0.4 is 4.68 Å². The molecule has 2 heterocycles. The van der Waals surface area contributed by atoms with Crippen molar-refractivity contribution in [2.75, 3.05) is 0 Å². The zero-order valence-electron chi connectivity index (χ0n) is 11.5. The molecule has 0 aliphatic rings. The van der Waals surface area contributed by atoms with Gasteiger partial charge < -0.3 is 4.42 Å². The molecule has 0 spiro atoms. The van der Waals surface area contributed by atoms with E-state index < -0.39 is 0 Å². The third-order valence-electron chi connectivity index (χ3n) is 3.82. The van der Waals surface area contributed by atoms with Crippen molar-refractivity contribution >= 4 is 21.9 Å². The summed E-state index contributed by atoms with van der Waals surface area (Å²) in [4.78, 5) is 0. The predicted octanol–water partition coefficient (Wildman–Crippen LogP) is 3.51. The number of nitrogens with zero attached hydrogens (tertiary/aromatic N) is 2. The maximum absolute atomic E-state index is 6.11. The first-order valence-electron chi connectivity index (χ1n) is 6.70. The van der Waals surface area contributed by atoms with Crippen molar-refractivity contribution in [2.45, 2.75) is 6.92 Å². The van der Waals surface area contributed by atoms with Crippen LogP contribution in [0.15, 0.2) is 59.3 Å². The monoisotopic (exact) mass is 263 g/mol. The van der Waals surface area contributed by atoms with E-state index in [0.29, 0.717) is 0 Å². The molecule has 0 unspecified atom stereocenters. The zero-order valence-corrected chi connectivity index (χ0v) is 11.5. The fourth-order valence-electron chi connectivity index (χ4n) is 2.81. The lowest BCUT2D eigenvalue weighted by Crippen LogP contribution is -2.37. The van der Waals surface area contributed by atoms with E-state index in [2.05, 4.69) is 40.7 Å². The van der Waals surface area contributed by atoms with Gasteiger partial charge in [0.25, 0.3) is 0 Å². The second-order valence-corrected chi connectivity index (χ2v) is 5.11. The van der Waals surface area contributed by atoms with Crippen molar-refractivity contribution in [3.8, 4) is 5.69 Å². The average molecular weight is 263 g/mol. The molecule has 0 aliphatic heterocycles. The molecule has 4 aromatic rings. The van der Waals surface area contributed by atoms with Crippen LogP contribution in [0.25, 0.3) is 27.6 Å². The van der Waals surface area contributed by atoms with Crippen molar-refractivity contribution in [1.29, 1.82) is 0 Å². The van der Waals surface area contributed by atoms with Crippen molar-refractivity contribution in [2.24, 2.45) is 7.05 Å². The number of aromatic nitrogens is 2. The van der Waals surface area contributed by atoms with Gasteiger partial charge in [-0.05, 0) is 18.6 Å². The van der Waals surface area contributed by atoms with Gasteiger partial charge in [0.15, 0.2) is 24.5 Å². The van der Waals surface area contributed by atoms with E-state index in [1.54, 1.807) is 0 Å². The zero-order chi connectivity index (χ0) is 13.7. The first kappa shape index (κ1) is 11.3. The number of benzene rings is 2. The Kier molecular flexibility index (Phi) is 2.24. The summed E-state index contributed by atoms with van der Waals surface area (Å²) in [6.07, 6.45) is 4.08. The molecule has 0 N–H and O–H groups in total. The van der Waals surface area contributed by atoms with E-state index in [1.165, 1.54) is 10.9 Å². The Labute approximate surface area is 116 Å². The van der Waals surface area contributed by atoms with Gasteiger partial charge in [0.1, 0.15) is 5.58 Å². The molecule has 0 aliphatic carbocycles. The van der Waals surface area contributed by atoms with Crippen LogP contribution >= 0.6 is 0 Å². The van der Waals surface area contributed by atoms with Gasteiger partial charge in [0, 0.05) is 16.8 Å². The number of aryl methyl sites for hydroxylation is 2. The van der Waals surface area contributed by atoms with E-state index >= 15 is 0 Å². The highest BCUT2D eigenvalue weighted by atomic mass is 16.3. The molecule has 3 heteroatoms. The summed E-state index contributed by atoms with van der Waals surface area (Å²) < 4.78 is 10.3. The third-order valence-corrected chi connectivity index (χ3v) is 3.82. The molecule has 0 saturated carbocycles. The summed E-state index contributed by atoms with van der Waals surface area (Å²) >= 11 is 0. The van der Waals surface area contributed by atoms with Gasteiger partial charge in [0.05, 0.1) is 6.20 Å². The molecule has 98 valence electrons. The molecule has 0 bridgehead atoms. The molecule has 0 atom stereocenters. The molecular formula is C17H15N2O+. The standard InChI is InChI=1S/C17H15N2O/c1-12-8-9-14-13-6-3-4-7-15(13)20-17(14)16(12)19-11-5-10-18(19)2/h3-11H,1-2H3/q+1. The minimum absolute atomic E-state index is 0.934. The molecule has 3 nitrogen and oxygen atoms in total. The fraction of sp³-hybridized carbons (Fsp3) is 0.118. The van der Waals surface area contributed by atoms with Crippen molar-refractivity contribution < 1.29 is 9.10 Å². The molecule has 0 fully saturated rings. The lowest BCUT2D eigenvalue weighted by molar-refractivity contribution is -0.744. The topological polar surface area (TPSA) is 21.9 Å². The van der Waals surface area contributed by atoms with Crippen molar-refractivity contribution in [3.05, 3.63) is 60.4 Å². The molecule has 20 heavy (non-hydrogen) atoms. The smallest absolute Gasteiger partial charge is 0.195 e. The minimum Gasteiger partial charge on any atom is -0.454 e. The van der Waals surface area contributed by atoms with Gasteiger partial charge in [-0.25, -0.2) is 0 Å². The minimum atomic E-state index is 0.934. The molecule has 4 rings (SSSR count). The van der Waals surface area contributed by atoms with Gasteiger partial charge in [0.2, 0.25) is 0 Å². The van der Waals surface area contributed by atoms with E-state index in [4.69, 9.17) is 4.42 Å². The summed E-state index contributed by atoms with van der Waals surface area (Å²) in [5, 5.41) is 2.33. The summed E-state index contributed by atoms with van der Waals surface area (Å²) in [6, 6.07) is 14.5. The lowest BCUT2D eigenvalue weighted by Gasteiger charge is -2.05. The highest BCUT2D eigenvalue weighted by molar-refractivity contribution is 6.07. The lowest BCUT2D eigenvalue weighted by atomic mass is 10.1. The van der Waals surface area contributed by atoms with Crippen molar-refractivity contribution in [3.63, 3.8) is 0 Å². The van der Waals surface area contributed by atoms with Crippen LogP contribution in [0.2, 0.25) is 0 Å². The van der Waals surface area contributed by atoms with Gasteiger partial charge in [-0.2, -0.15) is 0 Å². The molecular weight excluding hydrogens is 248 g/mol. The number of fused-ring (bicyclic) bond motifs is 3. The van der Waals surface area contributed by atoms with Gasteiger partial charge >= 0.3 is 0 Å². The summed E-state index contributed by atoms with van der Waals surface area (Å²) in [6.45, 7) is 2.11. The number of hydrogen-bond donors (Lipinski definition) is 0. The van der Waals surface area contributed by atoms with Crippen LogP contribution in [0.1, 0.15) is 5.56 Å². The van der Waals surface area contributed by atoms with E-state index in [-0.39, 0.29) is 0 Å². The van der Waals surface area contributed by atoms with E-state index in [0.717, 1.165) is 22.2 Å². The molecule has 2 aromatic heterocycles. The van der Waals surface area contributed by atoms with Gasteiger partial charge in [-0.15, -0.1) is 9.36 Å². The normalized spacial score (nSPS) is 11.5. The average Bonchev–Trinajstić information content (AvgIpc) is 3.02. The Morgan fingerprint density at radius 3 is 2.65 bits per heavy atom. The van der Waals surface area contributed by atoms with Crippen LogP contribution in [-0.2, 0) is 7.05 Å². The third kappa shape index (κ3) is 1.43. The Hall–Kier alpha value is -2.55. The van der Waals surface area contributed by atoms with Crippen LogP contribution in [-0.4, -0.2) is 4.68 Å². The van der Waals surface area contributed by atoms with Crippen molar-refractivity contribution in [1.82, 2.24) is 4.68 Å². The predicted molar refractivity (Wildman–Crippen MR) is 79.0 cm³/mol. The van der Waals surface area contributed by atoms with E-state index in [9.17, 15) is 0 Å². The Morgan fingerprint density at radius 1 is 1.00 bits per heavy atom. The summed E-state index contributed by atoms with van der Waals surface area (Å²) in [7, 11) is 2.03. The quantitative estimate of drug-likeness (QED) is 0.482. The Balaban J connectivity index is 2.19. The Morgan fingerprint density at radius 2 is 1.85 bits per heavy atom. The summed E-state index contributed by atoms with van der Waals surface area (Å²) in [5.41, 5.74) is 4.18. The molecule has 0 radical (unpaired) electrons. The number of furan rings is 1. The van der Waals surface area contributed by atoms with Gasteiger partial charge in [-0.3, -0.25) is 0 Å². The number of hydrogen-bond acceptors (Lipinski definition) is 1. The number of para-hydroxylation sites is 1. The second-order valence-electron chi connectivity index (χ2n) is 5.11. The SMILES string of the molecule is Cc1ccc2c(oc3ccccc32)c1-n1ccc[n+]1C. The Bertz CT molecular complexity index is 931. The van der Waals surface area contributed by atoms with Crippen LogP contribution in [0, 0.1) is 6.92 Å². The summed E-state index contributed by atoms with van der Waals surface area (Å²) in [5.74, 6) is 0. The van der Waals surface area contributed by atoms with Crippen LogP contribution in [0.5, 0.6) is 0 Å². The maximum Gasteiger partial charge on any atom is 0.195 e. The van der Waals surface area contributed by atoms with Gasteiger partial charge in [-0.1, -0.05) is 30.3 Å². The van der Waals surface area contributed by atoms with Crippen LogP contribution in [0.3, 0.4) is 0 Å². The maximum atomic E-state index is 6.11. The molecule has 0 amide bonds. The highest BCUT2D eigenvalue weighted by Gasteiger charge is 2.17. The molecule has 0 saturated heterocycles. The molecule has 2 aromatic carbocycles.